The lowest BCUT2D eigenvalue weighted by Gasteiger charge is -2.21. The van der Waals surface area contributed by atoms with Crippen LogP contribution in [0.2, 0.25) is 0 Å². The maximum absolute atomic E-state index is 12.2. The molecule has 0 saturated heterocycles. The predicted molar refractivity (Wildman–Crippen MR) is 74.9 cm³/mol. The number of carbonyl (C=O) groups is 1. The third-order valence-electron chi connectivity index (χ3n) is 3.11. The van der Waals surface area contributed by atoms with Crippen LogP contribution < -0.4 is 5.32 Å². The minimum Gasteiger partial charge on any atom is -0.394 e. The van der Waals surface area contributed by atoms with E-state index in [1.54, 1.807) is 4.68 Å². The Morgan fingerprint density at radius 2 is 2.05 bits per heavy atom. The van der Waals surface area contributed by atoms with Crippen LogP contribution in [-0.4, -0.2) is 33.4 Å². The van der Waals surface area contributed by atoms with Crippen LogP contribution in [0.25, 0.3) is 0 Å². The zero-order valence-corrected chi connectivity index (χ0v) is 12.5. The van der Waals surface area contributed by atoms with Crippen molar-refractivity contribution in [3.63, 3.8) is 0 Å². The lowest BCUT2D eigenvalue weighted by atomic mass is 10.0. The van der Waals surface area contributed by atoms with Crippen LogP contribution in [0.4, 0.5) is 0 Å². The van der Waals surface area contributed by atoms with Gasteiger partial charge < -0.3 is 10.4 Å². The van der Waals surface area contributed by atoms with Crippen molar-refractivity contribution in [1.29, 1.82) is 0 Å². The summed E-state index contributed by atoms with van der Waals surface area (Å²) < 4.78 is 1.72. The van der Waals surface area contributed by atoms with Crippen molar-refractivity contribution in [2.24, 2.45) is 5.92 Å². The molecule has 0 bridgehead atoms. The number of aromatic nitrogens is 2. The van der Waals surface area contributed by atoms with Crippen LogP contribution in [0, 0.1) is 19.8 Å². The summed E-state index contributed by atoms with van der Waals surface area (Å²) in [6, 6.07) is 1.39. The molecule has 1 amide bonds. The molecule has 5 nitrogen and oxygen atoms in total. The van der Waals surface area contributed by atoms with Crippen molar-refractivity contribution in [3.8, 4) is 0 Å². The Morgan fingerprint density at radius 3 is 2.47 bits per heavy atom. The van der Waals surface area contributed by atoms with E-state index in [0.717, 1.165) is 17.8 Å². The van der Waals surface area contributed by atoms with Crippen molar-refractivity contribution in [2.45, 2.75) is 53.1 Å². The molecule has 0 aromatic carbocycles. The molecule has 1 rings (SSSR count). The molecule has 1 aromatic rings. The molecule has 0 fully saturated rings. The molecule has 2 unspecified atom stereocenters. The number of aliphatic hydroxyl groups is 1. The Kier molecular flexibility index (Phi) is 5.54. The summed E-state index contributed by atoms with van der Waals surface area (Å²) in [5.74, 6) is 0.326. The van der Waals surface area contributed by atoms with Gasteiger partial charge in [-0.25, -0.2) is 0 Å². The van der Waals surface area contributed by atoms with Gasteiger partial charge >= 0.3 is 0 Å². The average Bonchev–Trinajstić information content (AvgIpc) is 2.65. The number of aliphatic hydroxyl groups excluding tert-OH is 1. The highest BCUT2D eigenvalue weighted by molar-refractivity contribution is 5.80. The number of amides is 1. The quantitative estimate of drug-likeness (QED) is 0.822. The molecule has 19 heavy (non-hydrogen) atoms. The second-order valence-electron chi connectivity index (χ2n) is 5.57. The van der Waals surface area contributed by atoms with Crippen LogP contribution in [0.1, 0.15) is 44.6 Å². The molecule has 0 aliphatic carbocycles. The molecule has 0 saturated carbocycles. The number of aryl methyl sites for hydroxylation is 2. The monoisotopic (exact) mass is 267 g/mol. The minimum absolute atomic E-state index is 0.0340. The van der Waals surface area contributed by atoms with Gasteiger partial charge in [0.15, 0.2) is 0 Å². The van der Waals surface area contributed by atoms with Crippen LogP contribution in [-0.2, 0) is 4.79 Å². The van der Waals surface area contributed by atoms with Crippen molar-refractivity contribution >= 4 is 5.91 Å². The van der Waals surface area contributed by atoms with Gasteiger partial charge in [0, 0.05) is 5.69 Å². The Balaban J connectivity index is 2.69. The van der Waals surface area contributed by atoms with E-state index in [1.807, 2.05) is 26.8 Å². The molecule has 5 heteroatoms. The molecule has 0 aliphatic heterocycles. The molecular formula is C14H25N3O2. The van der Waals surface area contributed by atoms with E-state index < -0.39 is 0 Å². The first-order valence-corrected chi connectivity index (χ1v) is 6.79. The van der Waals surface area contributed by atoms with Gasteiger partial charge in [0.05, 0.1) is 18.3 Å². The van der Waals surface area contributed by atoms with Gasteiger partial charge in [-0.05, 0) is 39.2 Å². The second kappa shape index (κ2) is 6.70. The van der Waals surface area contributed by atoms with Gasteiger partial charge in [-0.2, -0.15) is 5.10 Å². The second-order valence-corrected chi connectivity index (χ2v) is 5.57. The van der Waals surface area contributed by atoms with Gasteiger partial charge in [-0.15, -0.1) is 0 Å². The summed E-state index contributed by atoms with van der Waals surface area (Å²) in [4.78, 5) is 12.2. The normalized spacial score (nSPS) is 14.5. The first-order valence-electron chi connectivity index (χ1n) is 6.79. The fraction of sp³-hybridized carbons (Fsp3) is 0.714. The van der Waals surface area contributed by atoms with Gasteiger partial charge in [0.1, 0.15) is 6.04 Å². The third kappa shape index (κ3) is 4.35. The molecule has 1 heterocycles. The van der Waals surface area contributed by atoms with Crippen molar-refractivity contribution in [2.75, 3.05) is 6.61 Å². The Hall–Kier alpha value is -1.36. The first kappa shape index (κ1) is 15.7. The average molecular weight is 267 g/mol. The summed E-state index contributed by atoms with van der Waals surface area (Å²) in [6.07, 6.45) is 0.770. The molecule has 0 spiro atoms. The van der Waals surface area contributed by atoms with Crippen molar-refractivity contribution in [3.05, 3.63) is 17.5 Å². The predicted octanol–water partition coefficient (Wildman–Crippen LogP) is 1.58. The van der Waals surface area contributed by atoms with E-state index in [9.17, 15) is 9.90 Å². The van der Waals surface area contributed by atoms with Crippen LogP contribution in [0.3, 0.4) is 0 Å². The summed E-state index contributed by atoms with van der Waals surface area (Å²) >= 11 is 0. The number of hydrogen-bond acceptors (Lipinski definition) is 3. The highest BCUT2D eigenvalue weighted by Crippen LogP contribution is 2.12. The van der Waals surface area contributed by atoms with E-state index in [4.69, 9.17) is 0 Å². The Morgan fingerprint density at radius 1 is 1.42 bits per heavy atom. The number of hydrogen-bond donors (Lipinski definition) is 2. The molecule has 1 aromatic heterocycles. The Bertz CT molecular complexity index is 426. The smallest absolute Gasteiger partial charge is 0.244 e. The molecular weight excluding hydrogens is 242 g/mol. The number of rotatable bonds is 6. The summed E-state index contributed by atoms with van der Waals surface area (Å²) in [7, 11) is 0. The van der Waals surface area contributed by atoms with E-state index >= 15 is 0 Å². The maximum Gasteiger partial charge on any atom is 0.244 e. The maximum atomic E-state index is 12.2. The van der Waals surface area contributed by atoms with Gasteiger partial charge in [0.2, 0.25) is 5.91 Å². The van der Waals surface area contributed by atoms with Gasteiger partial charge in [-0.1, -0.05) is 13.8 Å². The molecule has 2 atom stereocenters. The van der Waals surface area contributed by atoms with Crippen molar-refractivity contribution in [1.82, 2.24) is 15.1 Å². The SMILES string of the molecule is Cc1cc(C)n(C(C)C(=O)NC(CO)CC(C)C)n1. The molecule has 0 aliphatic rings. The Labute approximate surface area is 115 Å². The van der Waals surface area contributed by atoms with Crippen LogP contribution >= 0.6 is 0 Å². The third-order valence-corrected chi connectivity index (χ3v) is 3.11. The molecule has 108 valence electrons. The van der Waals surface area contributed by atoms with E-state index in [2.05, 4.69) is 24.3 Å². The lowest BCUT2D eigenvalue weighted by molar-refractivity contribution is -0.125. The van der Waals surface area contributed by atoms with Crippen molar-refractivity contribution < 1.29 is 9.90 Å². The molecule has 0 radical (unpaired) electrons. The van der Waals surface area contributed by atoms with Gasteiger partial charge in [-0.3, -0.25) is 9.48 Å². The first-order chi connectivity index (χ1) is 8.85. The van der Waals surface area contributed by atoms with E-state index in [-0.39, 0.29) is 24.6 Å². The fourth-order valence-corrected chi connectivity index (χ4v) is 2.22. The summed E-state index contributed by atoms with van der Waals surface area (Å²) in [5, 5.41) is 16.5. The zero-order valence-electron chi connectivity index (χ0n) is 12.5. The van der Waals surface area contributed by atoms with Gasteiger partial charge in [0.25, 0.3) is 0 Å². The highest BCUT2D eigenvalue weighted by Gasteiger charge is 2.21. The number of carbonyl (C=O) groups excluding carboxylic acids is 1. The number of nitrogens with zero attached hydrogens (tertiary/aromatic N) is 2. The van der Waals surface area contributed by atoms with E-state index in [0.29, 0.717) is 5.92 Å². The summed E-state index contributed by atoms with van der Waals surface area (Å²) in [6.45, 7) is 9.76. The highest BCUT2D eigenvalue weighted by atomic mass is 16.3. The number of nitrogens with one attached hydrogen (secondary N) is 1. The summed E-state index contributed by atoms with van der Waals surface area (Å²) in [5.41, 5.74) is 1.86. The van der Waals surface area contributed by atoms with Crippen LogP contribution in [0.5, 0.6) is 0 Å². The molecule has 2 N–H and O–H groups in total. The lowest BCUT2D eigenvalue weighted by Crippen LogP contribution is -2.42. The minimum atomic E-state index is -0.366. The zero-order chi connectivity index (χ0) is 14.6. The standard InChI is InChI=1S/C14H25N3O2/c1-9(2)6-13(8-18)15-14(19)12(5)17-11(4)7-10(3)16-17/h7,9,12-13,18H,6,8H2,1-5H3,(H,15,19). The van der Waals surface area contributed by atoms with Crippen LogP contribution in [0.15, 0.2) is 6.07 Å². The topological polar surface area (TPSA) is 67.2 Å². The van der Waals surface area contributed by atoms with E-state index in [1.165, 1.54) is 0 Å². The largest absolute Gasteiger partial charge is 0.394 e. The fourth-order valence-electron chi connectivity index (χ4n) is 2.22.